The molecule has 30 heavy (non-hydrogen) atoms. The summed E-state index contributed by atoms with van der Waals surface area (Å²) < 4.78 is 7.96. The van der Waals surface area contributed by atoms with Crippen molar-refractivity contribution in [3.8, 4) is 0 Å². The van der Waals surface area contributed by atoms with Crippen LogP contribution in [0, 0.1) is 0 Å². The van der Waals surface area contributed by atoms with Gasteiger partial charge in [0.25, 0.3) is 0 Å². The van der Waals surface area contributed by atoms with E-state index in [9.17, 15) is 9.59 Å². The van der Waals surface area contributed by atoms with Gasteiger partial charge in [-0.1, -0.05) is 19.1 Å². The summed E-state index contributed by atoms with van der Waals surface area (Å²) in [5.74, 6) is -0.115. The van der Waals surface area contributed by atoms with Gasteiger partial charge in [-0.2, -0.15) is 0 Å². The van der Waals surface area contributed by atoms with Crippen molar-refractivity contribution in [1.82, 2.24) is 14.4 Å². The quantitative estimate of drug-likeness (QED) is 0.558. The van der Waals surface area contributed by atoms with E-state index in [4.69, 9.17) is 4.74 Å². The van der Waals surface area contributed by atoms with Crippen molar-refractivity contribution in [1.29, 1.82) is 0 Å². The number of anilines is 1. The number of rotatable bonds is 10. The van der Waals surface area contributed by atoms with Gasteiger partial charge in [0.1, 0.15) is 6.54 Å². The smallest absolute Gasteiger partial charge is 0.322 e. The lowest BCUT2D eigenvalue weighted by molar-refractivity contribution is -0.133. The van der Waals surface area contributed by atoms with Gasteiger partial charge in [0.15, 0.2) is 0 Å². The Kier molecular flexibility index (Phi) is 9.39. The zero-order chi connectivity index (χ0) is 22.1. The van der Waals surface area contributed by atoms with Gasteiger partial charge in [-0.05, 0) is 53.5 Å². The number of urea groups is 1. The monoisotopic (exact) mass is 478 g/mol. The molecular formula is C22H31BrN4O3. The number of carbonyl (C=O) groups excluding carboxylic acids is 2. The molecule has 1 N–H and O–H groups in total. The lowest BCUT2D eigenvalue weighted by Crippen LogP contribution is -2.48. The molecule has 0 saturated heterocycles. The summed E-state index contributed by atoms with van der Waals surface area (Å²) in [6, 6.07) is 11.0. The second kappa shape index (κ2) is 11.8. The van der Waals surface area contributed by atoms with E-state index >= 15 is 0 Å². The molecule has 1 aromatic heterocycles. The fourth-order valence-corrected chi connectivity index (χ4v) is 3.38. The van der Waals surface area contributed by atoms with E-state index in [2.05, 4.69) is 21.2 Å². The molecule has 3 amide bonds. The highest BCUT2D eigenvalue weighted by atomic mass is 79.9. The van der Waals surface area contributed by atoms with Crippen molar-refractivity contribution >= 4 is 33.6 Å². The Morgan fingerprint density at radius 1 is 1.23 bits per heavy atom. The molecule has 0 fully saturated rings. The molecule has 0 radical (unpaired) electrons. The number of nitrogens with one attached hydrogen (secondary N) is 1. The second-order valence-electron chi connectivity index (χ2n) is 7.21. The maximum atomic E-state index is 13.2. The number of aryl methyl sites for hydroxylation is 1. The Morgan fingerprint density at radius 3 is 2.57 bits per heavy atom. The summed E-state index contributed by atoms with van der Waals surface area (Å²) in [5, 5.41) is 2.91. The van der Waals surface area contributed by atoms with Gasteiger partial charge in [0.2, 0.25) is 5.91 Å². The Hall–Kier alpha value is -2.32. The average Bonchev–Trinajstić information content (AvgIpc) is 3.14. The van der Waals surface area contributed by atoms with Gasteiger partial charge in [-0.3, -0.25) is 4.79 Å². The number of hydrogen-bond donors (Lipinski definition) is 1. The molecule has 164 valence electrons. The van der Waals surface area contributed by atoms with Crippen molar-refractivity contribution in [3.63, 3.8) is 0 Å². The number of aromatic nitrogens is 1. The molecule has 0 aliphatic rings. The lowest BCUT2D eigenvalue weighted by atomic mass is 10.2. The van der Waals surface area contributed by atoms with Crippen LogP contribution in [-0.4, -0.2) is 59.2 Å². The molecule has 0 saturated carbocycles. The molecule has 2 rings (SSSR count). The first-order chi connectivity index (χ1) is 14.4. The molecule has 0 aliphatic carbocycles. The largest absolute Gasteiger partial charge is 0.383 e. The Labute approximate surface area is 187 Å². The summed E-state index contributed by atoms with van der Waals surface area (Å²) in [4.78, 5) is 29.5. The van der Waals surface area contributed by atoms with E-state index in [-0.39, 0.29) is 24.5 Å². The molecule has 1 heterocycles. The number of ether oxygens (including phenoxy) is 1. The predicted molar refractivity (Wildman–Crippen MR) is 122 cm³/mol. The molecule has 1 atom stereocenters. The minimum Gasteiger partial charge on any atom is -0.383 e. The third-order valence-electron chi connectivity index (χ3n) is 5.13. The number of benzene rings is 1. The minimum atomic E-state index is -0.296. The molecule has 0 aliphatic heterocycles. The van der Waals surface area contributed by atoms with E-state index < -0.39 is 0 Å². The molecule has 8 heteroatoms. The van der Waals surface area contributed by atoms with Crippen LogP contribution in [0.4, 0.5) is 10.5 Å². The van der Waals surface area contributed by atoms with Crippen LogP contribution in [0.3, 0.4) is 0 Å². The van der Waals surface area contributed by atoms with Crippen molar-refractivity contribution < 1.29 is 14.3 Å². The molecule has 0 spiro atoms. The number of carbonyl (C=O) groups is 2. The average molecular weight is 479 g/mol. The van der Waals surface area contributed by atoms with Crippen LogP contribution in [0.5, 0.6) is 0 Å². The molecule has 1 unspecified atom stereocenters. The SMILES string of the molecule is CCC(C)N(CC(=O)N(CCOC)Cc1cccn1C)C(=O)Nc1ccccc1Br. The van der Waals surface area contributed by atoms with Gasteiger partial charge in [-0.15, -0.1) is 0 Å². The van der Waals surface area contributed by atoms with Crippen molar-refractivity contribution in [2.45, 2.75) is 32.9 Å². The van der Waals surface area contributed by atoms with E-state index in [1.807, 2.05) is 68.1 Å². The Balaban J connectivity index is 2.15. The molecule has 2 aromatic rings. The third-order valence-corrected chi connectivity index (χ3v) is 5.82. The second-order valence-corrected chi connectivity index (χ2v) is 8.07. The lowest BCUT2D eigenvalue weighted by Gasteiger charge is -2.31. The van der Waals surface area contributed by atoms with Crippen LogP contribution in [0.2, 0.25) is 0 Å². The van der Waals surface area contributed by atoms with Gasteiger partial charge in [0.05, 0.1) is 18.8 Å². The van der Waals surface area contributed by atoms with Crippen molar-refractivity contribution in [2.75, 3.05) is 32.1 Å². The number of halogens is 1. The third kappa shape index (κ3) is 6.60. The first-order valence-electron chi connectivity index (χ1n) is 10.1. The van der Waals surface area contributed by atoms with E-state index in [1.54, 1.807) is 16.9 Å². The zero-order valence-electron chi connectivity index (χ0n) is 18.1. The van der Waals surface area contributed by atoms with E-state index in [1.165, 1.54) is 0 Å². The standard InChI is InChI=1S/C22H31BrN4O3/c1-5-17(2)27(22(29)24-20-11-7-6-10-19(20)23)16-21(28)26(13-14-30-4)15-18-9-8-12-25(18)3/h6-12,17H,5,13-16H2,1-4H3,(H,24,29). The highest BCUT2D eigenvalue weighted by Crippen LogP contribution is 2.22. The van der Waals surface area contributed by atoms with E-state index in [0.717, 1.165) is 16.6 Å². The molecule has 0 bridgehead atoms. The molecule has 7 nitrogen and oxygen atoms in total. The summed E-state index contributed by atoms with van der Waals surface area (Å²) >= 11 is 3.45. The number of amides is 3. The number of para-hydroxylation sites is 1. The van der Waals surface area contributed by atoms with Crippen LogP contribution in [0.1, 0.15) is 26.0 Å². The predicted octanol–water partition coefficient (Wildman–Crippen LogP) is 4.10. The molecule has 1 aromatic carbocycles. The summed E-state index contributed by atoms with van der Waals surface area (Å²) in [5.41, 5.74) is 1.69. The summed E-state index contributed by atoms with van der Waals surface area (Å²) in [6.07, 6.45) is 2.69. The first-order valence-corrected chi connectivity index (χ1v) is 10.9. The van der Waals surface area contributed by atoms with E-state index in [0.29, 0.717) is 25.4 Å². The van der Waals surface area contributed by atoms with Gasteiger partial charge in [-0.25, -0.2) is 4.79 Å². The van der Waals surface area contributed by atoms with Crippen molar-refractivity contribution in [2.24, 2.45) is 7.05 Å². The zero-order valence-corrected chi connectivity index (χ0v) is 19.7. The molecular weight excluding hydrogens is 448 g/mol. The van der Waals surface area contributed by atoms with Crippen molar-refractivity contribution in [3.05, 3.63) is 52.8 Å². The van der Waals surface area contributed by atoms with Crippen LogP contribution >= 0.6 is 15.9 Å². The normalized spacial score (nSPS) is 11.8. The fraction of sp³-hybridized carbons (Fsp3) is 0.455. The topological polar surface area (TPSA) is 66.8 Å². The number of methoxy groups -OCH3 is 1. The van der Waals surface area contributed by atoms with Gasteiger partial charge in [0, 0.05) is 43.1 Å². The Bertz CT molecular complexity index is 839. The van der Waals surface area contributed by atoms with Crippen LogP contribution in [0.25, 0.3) is 0 Å². The minimum absolute atomic E-state index is 0.000566. The highest BCUT2D eigenvalue weighted by molar-refractivity contribution is 9.10. The van der Waals surface area contributed by atoms with Gasteiger partial charge >= 0.3 is 6.03 Å². The number of hydrogen-bond acceptors (Lipinski definition) is 3. The maximum Gasteiger partial charge on any atom is 0.322 e. The first kappa shape index (κ1) is 24.0. The van der Waals surface area contributed by atoms with Gasteiger partial charge < -0.3 is 24.4 Å². The summed E-state index contributed by atoms with van der Waals surface area (Å²) in [6.45, 7) is 5.30. The van der Waals surface area contributed by atoms with Crippen LogP contribution < -0.4 is 5.32 Å². The highest BCUT2D eigenvalue weighted by Gasteiger charge is 2.25. The van der Waals surface area contributed by atoms with Crippen LogP contribution in [0.15, 0.2) is 47.1 Å². The maximum absolute atomic E-state index is 13.2. The number of nitrogens with zero attached hydrogens (tertiary/aromatic N) is 3. The Morgan fingerprint density at radius 2 is 1.97 bits per heavy atom. The summed E-state index contributed by atoms with van der Waals surface area (Å²) in [7, 11) is 3.56. The fourth-order valence-electron chi connectivity index (χ4n) is 2.99. The van der Waals surface area contributed by atoms with Crippen LogP contribution in [-0.2, 0) is 23.1 Å².